The molecule has 0 bridgehead atoms. The van der Waals surface area contributed by atoms with E-state index in [-0.39, 0.29) is 0 Å². The molecule has 0 spiro atoms. The van der Waals surface area contributed by atoms with E-state index in [9.17, 15) is 15.3 Å². The minimum Gasteiger partial charge on any atom is -0.388 e. The van der Waals surface area contributed by atoms with Crippen LogP contribution in [0.15, 0.2) is 0 Å². The summed E-state index contributed by atoms with van der Waals surface area (Å²) in [5, 5.41) is 36.9. The summed E-state index contributed by atoms with van der Waals surface area (Å²) in [6.07, 6.45) is -7.09. The number of ether oxygens (including phenoxy) is 1. The predicted octanol–water partition coefficient (Wildman–Crippen LogP) is -2.91. The van der Waals surface area contributed by atoms with E-state index in [1.807, 2.05) is 0 Å². The number of hydrogen-bond acceptors (Lipinski definition) is 6. The zero-order chi connectivity index (χ0) is 10.4. The highest BCUT2D eigenvalue weighted by atomic mass is 16.6. The van der Waals surface area contributed by atoms with E-state index in [4.69, 9.17) is 12.2 Å². The van der Waals surface area contributed by atoms with Gasteiger partial charge in [0.05, 0.1) is 7.47 Å². The summed E-state index contributed by atoms with van der Waals surface area (Å²) in [6, 6.07) is 0. The number of aliphatic hydroxyl groups excluding tert-OH is 2. The molecule has 1 aliphatic heterocycles. The van der Waals surface area contributed by atoms with Crippen molar-refractivity contribution in [1.82, 2.24) is 0 Å². The quantitative estimate of drug-likeness (QED) is 0.255. The molecule has 1 heterocycles. The van der Waals surface area contributed by atoms with Gasteiger partial charge in [-0.15, -0.1) is 0 Å². The number of nitrogens with two attached hydrogens (primary N) is 1. The topological polar surface area (TPSA) is 116 Å². The molecule has 0 amide bonds. The normalized spacial score (nSPS) is 62.8. The van der Waals surface area contributed by atoms with Crippen LogP contribution in [0.5, 0.6) is 0 Å². The lowest BCUT2D eigenvalue weighted by molar-refractivity contribution is -0.320. The molecule has 0 aromatic carbocycles. The molecule has 6 nitrogen and oxygen atoms in total. The number of rotatable bonds is 0. The van der Waals surface area contributed by atoms with Gasteiger partial charge in [0.1, 0.15) is 12.2 Å². The minimum absolute atomic E-state index is 0.985. The zero-order valence-corrected chi connectivity index (χ0v) is 6.51. The first-order valence-electron chi connectivity index (χ1n) is 3.97. The van der Waals surface area contributed by atoms with E-state index in [0.717, 1.165) is 0 Å². The molecule has 1 saturated heterocycles. The molecule has 0 saturated carbocycles. The zero-order valence-electron chi connectivity index (χ0n) is 7.51. The lowest BCUT2D eigenvalue weighted by atomic mass is 9.95. The molecular weight excluding hydrogens is 166 g/mol. The van der Waals surface area contributed by atoms with Crippen LogP contribution in [0.2, 0.25) is 0 Å². The van der Waals surface area contributed by atoms with E-state index < -0.39 is 30.3 Å². The summed E-state index contributed by atoms with van der Waals surface area (Å²) in [6.45, 7) is 1.34. The Morgan fingerprint density at radius 3 is 2.50 bits per heavy atom. The Labute approximate surface area is 70.6 Å². The average Bonchev–Trinajstić information content (AvgIpc) is 1.98. The van der Waals surface area contributed by atoms with Gasteiger partial charge in [0, 0.05) is 0 Å². The predicted molar refractivity (Wildman–Crippen MR) is 37.7 cm³/mol. The van der Waals surface area contributed by atoms with E-state index >= 15 is 0 Å². The average molecular weight is 180 g/mol. The molecule has 0 radical (unpaired) electrons. The van der Waals surface area contributed by atoms with Gasteiger partial charge in [-0.3, -0.25) is 5.73 Å². The molecule has 6 N–H and O–H groups in total. The molecule has 1 aliphatic rings. The summed E-state index contributed by atoms with van der Waals surface area (Å²) >= 11 is 0. The maximum absolute atomic E-state index is 9.26. The smallest absolute Gasteiger partial charge is 0.200 e. The van der Waals surface area contributed by atoms with Crippen LogP contribution < -0.4 is 5.73 Å². The van der Waals surface area contributed by atoms with Crippen LogP contribution in [-0.4, -0.2) is 50.7 Å². The van der Waals surface area contributed by atoms with Crippen LogP contribution in [0.25, 0.3) is 0 Å². The second-order valence-electron chi connectivity index (χ2n) is 2.89. The van der Waals surface area contributed by atoms with Crippen molar-refractivity contribution in [2.45, 2.75) is 37.2 Å². The van der Waals surface area contributed by atoms with Gasteiger partial charge in [0.2, 0.25) is 6.27 Å². The monoisotopic (exact) mass is 180 g/mol. The summed E-state index contributed by atoms with van der Waals surface area (Å²) in [5.41, 5.74) is 2.33. The molecule has 1 unspecified atom stereocenters. The van der Waals surface area contributed by atoms with Crippen LogP contribution in [0.1, 0.15) is 8.29 Å². The van der Waals surface area contributed by atoms with E-state index in [1.54, 1.807) is 0 Å². The van der Waals surface area contributed by atoms with Crippen molar-refractivity contribution < 1.29 is 26.5 Å². The maximum Gasteiger partial charge on any atom is 0.200 e. The first-order valence-corrected chi connectivity index (χ1v) is 3.47. The fraction of sp³-hybridized carbons (Fsp3) is 1.00. The van der Waals surface area contributed by atoms with E-state index in [0.29, 0.717) is 0 Å². The van der Waals surface area contributed by atoms with Crippen molar-refractivity contribution in [3.8, 4) is 0 Å². The molecule has 6 heteroatoms. The van der Waals surface area contributed by atoms with Gasteiger partial charge >= 0.3 is 0 Å². The summed E-state index contributed by atoms with van der Waals surface area (Å²) < 4.78 is 11.6. The molecule has 12 heavy (non-hydrogen) atoms. The molecule has 72 valence electrons. The first-order chi connectivity index (χ1) is 5.70. The van der Waals surface area contributed by atoms with Gasteiger partial charge in [-0.1, -0.05) is 0 Å². The fourth-order valence-electron chi connectivity index (χ4n) is 0.984. The van der Waals surface area contributed by atoms with Crippen molar-refractivity contribution in [2.24, 2.45) is 5.73 Å². The lowest BCUT2D eigenvalue weighted by Gasteiger charge is -2.42. The molecule has 1 fully saturated rings. The highest BCUT2D eigenvalue weighted by Gasteiger charge is 2.50. The standard InChI is InChI=1S/C6H13NO5/c1-2-3(8)4(9)6(7,11)5(10)12-2/h2-5,8-11H,7H2,1H3/t2-,3+,4+,5?,6-/m1/s1/i5D. The molecular formula is C6H13NO5. The van der Waals surface area contributed by atoms with Crippen LogP contribution in [-0.2, 0) is 4.74 Å². The molecule has 5 atom stereocenters. The van der Waals surface area contributed by atoms with Crippen molar-refractivity contribution >= 4 is 0 Å². The van der Waals surface area contributed by atoms with Crippen molar-refractivity contribution in [3.05, 3.63) is 0 Å². The lowest BCUT2D eigenvalue weighted by Crippen LogP contribution is -2.70. The first kappa shape index (κ1) is 8.36. The largest absolute Gasteiger partial charge is 0.388 e. The van der Waals surface area contributed by atoms with Crippen LogP contribution in [0, 0.1) is 0 Å². The third kappa shape index (κ3) is 1.33. The Morgan fingerprint density at radius 1 is 1.50 bits per heavy atom. The Balaban J connectivity index is 2.96. The van der Waals surface area contributed by atoms with Gasteiger partial charge in [0.15, 0.2) is 5.72 Å². The third-order valence-corrected chi connectivity index (χ3v) is 1.90. The SMILES string of the molecule is [2H]C1(O)O[C@H](C)[C@H](O)[C@H](O)[C@@]1(N)O. The van der Waals surface area contributed by atoms with Gasteiger partial charge < -0.3 is 25.2 Å². The minimum atomic E-state index is -2.83. The van der Waals surface area contributed by atoms with Gasteiger partial charge in [-0.05, 0) is 6.92 Å². The Bertz CT molecular complexity index is 209. The van der Waals surface area contributed by atoms with Crippen molar-refractivity contribution in [3.63, 3.8) is 0 Å². The Kier molecular flexibility index (Phi) is 2.03. The molecule has 1 rings (SSSR count). The highest BCUT2D eigenvalue weighted by Crippen LogP contribution is 2.24. The van der Waals surface area contributed by atoms with E-state index in [1.165, 1.54) is 6.92 Å². The van der Waals surface area contributed by atoms with Crippen molar-refractivity contribution in [2.75, 3.05) is 0 Å². The Hall–Kier alpha value is -0.240. The molecule has 0 aliphatic carbocycles. The number of aliphatic hydroxyl groups is 4. The summed E-state index contributed by atoms with van der Waals surface area (Å²) in [4.78, 5) is 0. The molecule has 0 aromatic rings. The summed E-state index contributed by atoms with van der Waals surface area (Å²) in [7, 11) is 0. The fourth-order valence-corrected chi connectivity index (χ4v) is 0.984. The van der Waals surface area contributed by atoms with Crippen LogP contribution >= 0.6 is 0 Å². The van der Waals surface area contributed by atoms with Gasteiger partial charge in [-0.25, -0.2) is 0 Å². The summed E-state index contributed by atoms with van der Waals surface area (Å²) in [5.74, 6) is 0. The second kappa shape index (κ2) is 2.91. The molecule has 0 aromatic heterocycles. The second-order valence-corrected chi connectivity index (χ2v) is 2.89. The maximum atomic E-state index is 9.26. The van der Waals surface area contributed by atoms with Crippen LogP contribution in [0.3, 0.4) is 0 Å². The van der Waals surface area contributed by atoms with Gasteiger partial charge in [-0.2, -0.15) is 0 Å². The van der Waals surface area contributed by atoms with Crippen LogP contribution in [0.4, 0.5) is 0 Å². The van der Waals surface area contributed by atoms with E-state index in [2.05, 4.69) is 4.74 Å². The number of hydrogen-bond donors (Lipinski definition) is 5. The third-order valence-electron chi connectivity index (χ3n) is 1.90. The Morgan fingerprint density at radius 2 is 2.00 bits per heavy atom. The highest BCUT2D eigenvalue weighted by molar-refractivity contribution is 4.94. The van der Waals surface area contributed by atoms with Crippen molar-refractivity contribution in [1.29, 1.82) is 0 Å². The van der Waals surface area contributed by atoms with Gasteiger partial charge in [0.25, 0.3) is 0 Å².